The molecule has 1 atom stereocenters. The van der Waals surface area contributed by atoms with E-state index in [0.717, 1.165) is 23.2 Å². The molecule has 0 saturated carbocycles. The third-order valence-electron chi connectivity index (χ3n) is 3.54. The molecule has 0 spiro atoms. The lowest BCUT2D eigenvalue weighted by Gasteiger charge is -2.12. The van der Waals surface area contributed by atoms with Crippen LogP contribution in [0.15, 0.2) is 30.6 Å². The third kappa shape index (κ3) is 4.04. The zero-order valence-corrected chi connectivity index (χ0v) is 13.5. The van der Waals surface area contributed by atoms with Crippen LogP contribution in [-0.4, -0.2) is 21.9 Å². The van der Waals surface area contributed by atoms with Gasteiger partial charge in [-0.3, -0.25) is 4.79 Å². The number of rotatable bonds is 5. The first-order valence-corrected chi connectivity index (χ1v) is 7.46. The van der Waals surface area contributed by atoms with Crippen LogP contribution < -0.4 is 10.6 Å². The van der Waals surface area contributed by atoms with Crippen molar-refractivity contribution in [3.63, 3.8) is 0 Å². The number of anilines is 2. The van der Waals surface area contributed by atoms with Gasteiger partial charge in [-0.1, -0.05) is 19.1 Å². The van der Waals surface area contributed by atoms with Crippen molar-refractivity contribution in [2.75, 3.05) is 5.32 Å². The molecule has 2 aromatic rings. The van der Waals surface area contributed by atoms with Crippen molar-refractivity contribution in [2.24, 2.45) is 0 Å². The summed E-state index contributed by atoms with van der Waals surface area (Å²) in [6.07, 6.45) is 3.97. The van der Waals surface area contributed by atoms with Gasteiger partial charge in [-0.25, -0.2) is 9.97 Å². The molecule has 0 bridgehead atoms. The monoisotopic (exact) mass is 298 g/mol. The Labute approximate surface area is 131 Å². The number of nitrogens with zero attached hydrogens (tertiary/aromatic N) is 2. The fourth-order valence-corrected chi connectivity index (χ4v) is 1.91. The molecule has 0 fully saturated rings. The maximum absolute atomic E-state index is 12.0. The molecule has 2 rings (SSSR count). The van der Waals surface area contributed by atoms with E-state index in [4.69, 9.17) is 0 Å². The van der Waals surface area contributed by atoms with Gasteiger partial charge in [-0.2, -0.15) is 0 Å². The third-order valence-corrected chi connectivity index (χ3v) is 3.54. The topological polar surface area (TPSA) is 66.9 Å². The van der Waals surface area contributed by atoms with Crippen LogP contribution in [-0.2, 0) is 0 Å². The Kier molecular flexibility index (Phi) is 5.09. The van der Waals surface area contributed by atoms with Gasteiger partial charge in [-0.15, -0.1) is 0 Å². The summed E-state index contributed by atoms with van der Waals surface area (Å²) in [7, 11) is 0. The van der Waals surface area contributed by atoms with Crippen molar-refractivity contribution >= 4 is 17.5 Å². The van der Waals surface area contributed by atoms with Crippen LogP contribution in [0.3, 0.4) is 0 Å². The van der Waals surface area contributed by atoms with E-state index in [-0.39, 0.29) is 11.9 Å². The highest BCUT2D eigenvalue weighted by Crippen LogP contribution is 2.19. The second-order valence-corrected chi connectivity index (χ2v) is 5.52. The van der Waals surface area contributed by atoms with E-state index < -0.39 is 0 Å². The summed E-state index contributed by atoms with van der Waals surface area (Å²) in [4.78, 5) is 20.4. The number of aromatic nitrogens is 2. The summed E-state index contributed by atoms with van der Waals surface area (Å²) < 4.78 is 0. The van der Waals surface area contributed by atoms with Gasteiger partial charge in [0, 0.05) is 24.1 Å². The molecule has 0 aliphatic heterocycles. The molecule has 1 aromatic heterocycles. The molecule has 1 amide bonds. The van der Waals surface area contributed by atoms with Gasteiger partial charge in [0.2, 0.25) is 5.95 Å². The van der Waals surface area contributed by atoms with Crippen LogP contribution in [0.4, 0.5) is 11.6 Å². The largest absolute Gasteiger partial charge is 0.350 e. The van der Waals surface area contributed by atoms with Gasteiger partial charge in [-0.05, 0) is 44.4 Å². The van der Waals surface area contributed by atoms with Crippen LogP contribution in [0.2, 0.25) is 0 Å². The summed E-state index contributed by atoms with van der Waals surface area (Å²) in [6.45, 7) is 8.05. The zero-order valence-electron chi connectivity index (χ0n) is 13.5. The molecule has 1 unspecified atom stereocenters. The number of amides is 1. The molecule has 0 radical (unpaired) electrons. The van der Waals surface area contributed by atoms with Gasteiger partial charge in [0.1, 0.15) is 0 Å². The molecular formula is C17H22N4O. The molecule has 5 heteroatoms. The van der Waals surface area contributed by atoms with Crippen molar-refractivity contribution in [1.29, 1.82) is 0 Å². The molecule has 1 heterocycles. The number of carbonyl (C=O) groups excluding carboxylic acids is 1. The standard InChI is InChI=1S/C17H22N4O/c1-5-13(4)20-16(22)14-9-18-17(19-10-14)21-15-8-11(2)6-7-12(15)3/h6-10,13H,5H2,1-4H3,(H,20,22)(H,18,19,21). The Hall–Kier alpha value is -2.43. The van der Waals surface area contributed by atoms with Gasteiger partial charge in [0.15, 0.2) is 0 Å². The van der Waals surface area contributed by atoms with E-state index in [1.165, 1.54) is 12.4 Å². The van der Waals surface area contributed by atoms with Crippen LogP contribution in [0.25, 0.3) is 0 Å². The number of nitrogens with one attached hydrogen (secondary N) is 2. The highest BCUT2D eigenvalue weighted by atomic mass is 16.1. The van der Waals surface area contributed by atoms with Gasteiger partial charge >= 0.3 is 0 Å². The van der Waals surface area contributed by atoms with Crippen molar-refractivity contribution in [3.05, 3.63) is 47.3 Å². The number of aryl methyl sites for hydroxylation is 2. The van der Waals surface area contributed by atoms with E-state index in [1.54, 1.807) is 0 Å². The minimum Gasteiger partial charge on any atom is -0.350 e. The van der Waals surface area contributed by atoms with Crippen molar-refractivity contribution in [3.8, 4) is 0 Å². The molecule has 2 N–H and O–H groups in total. The number of benzene rings is 1. The fourth-order valence-electron chi connectivity index (χ4n) is 1.91. The highest BCUT2D eigenvalue weighted by molar-refractivity contribution is 5.93. The minimum absolute atomic E-state index is 0.139. The molecular weight excluding hydrogens is 276 g/mol. The van der Waals surface area contributed by atoms with E-state index in [1.807, 2.05) is 39.8 Å². The predicted octanol–water partition coefficient (Wildman–Crippen LogP) is 3.37. The normalized spacial score (nSPS) is 11.8. The fraction of sp³-hybridized carbons (Fsp3) is 0.353. The molecule has 22 heavy (non-hydrogen) atoms. The first-order valence-electron chi connectivity index (χ1n) is 7.46. The van der Waals surface area contributed by atoms with Crippen molar-refractivity contribution in [1.82, 2.24) is 15.3 Å². The quantitative estimate of drug-likeness (QED) is 0.888. The smallest absolute Gasteiger partial charge is 0.254 e. The lowest BCUT2D eigenvalue weighted by Crippen LogP contribution is -2.32. The first-order chi connectivity index (χ1) is 10.5. The predicted molar refractivity (Wildman–Crippen MR) is 88.4 cm³/mol. The Balaban J connectivity index is 2.09. The second-order valence-electron chi connectivity index (χ2n) is 5.52. The maximum atomic E-state index is 12.0. The van der Waals surface area contributed by atoms with Gasteiger partial charge < -0.3 is 10.6 Å². The summed E-state index contributed by atoms with van der Waals surface area (Å²) >= 11 is 0. The average molecular weight is 298 g/mol. The molecule has 1 aromatic carbocycles. The second kappa shape index (κ2) is 7.02. The number of hydrogen-bond acceptors (Lipinski definition) is 4. The molecule has 5 nitrogen and oxygen atoms in total. The maximum Gasteiger partial charge on any atom is 0.254 e. The minimum atomic E-state index is -0.146. The Morgan fingerprint density at radius 2 is 1.91 bits per heavy atom. The summed E-state index contributed by atoms with van der Waals surface area (Å²) in [5, 5.41) is 6.07. The van der Waals surface area contributed by atoms with Gasteiger partial charge in [0.05, 0.1) is 5.56 Å². The molecule has 0 aliphatic rings. The summed E-state index contributed by atoms with van der Waals surface area (Å²) in [5.41, 5.74) is 3.72. The lowest BCUT2D eigenvalue weighted by molar-refractivity contribution is 0.0938. The van der Waals surface area contributed by atoms with E-state index in [0.29, 0.717) is 11.5 Å². The Morgan fingerprint density at radius 1 is 1.23 bits per heavy atom. The number of hydrogen-bond donors (Lipinski definition) is 2. The van der Waals surface area contributed by atoms with E-state index in [9.17, 15) is 4.79 Å². The molecule has 116 valence electrons. The Bertz CT molecular complexity index is 652. The highest BCUT2D eigenvalue weighted by Gasteiger charge is 2.10. The average Bonchev–Trinajstić information content (AvgIpc) is 2.51. The molecule has 0 aliphatic carbocycles. The zero-order chi connectivity index (χ0) is 16.1. The SMILES string of the molecule is CCC(C)NC(=O)c1cnc(Nc2cc(C)ccc2C)nc1. The lowest BCUT2D eigenvalue weighted by atomic mass is 10.1. The Morgan fingerprint density at radius 3 is 2.55 bits per heavy atom. The van der Waals surface area contributed by atoms with Gasteiger partial charge in [0.25, 0.3) is 5.91 Å². The summed E-state index contributed by atoms with van der Waals surface area (Å²) in [6, 6.07) is 6.29. The van der Waals surface area contributed by atoms with Crippen LogP contribution in [0.1, 0.15) is 41.8 Å². The molecule has 0 saturated heterocycles. The van der Waals surface area contributed by atoms with Crippen LogP contribution in [0.5, 0.6) is 0 Å². The van der Waals surface area contributed by atoms with E-state index >= 15 is 0 Å². The van der Waals surface area contributed by atoms with Crippen molar-refractivity contribution in [2.45, 2.75) is 40.2 Å². The number of carbonyl (C=O) groups is 1. The first kappa shape index (κ1) is 15.9. The van der Waals surface area contributed by atoms with Crippen molar-refractivity contribution < 1.29 is 4.79 Å². The van der Waals surface area contributed by atoms with Crippen LogP contribution in [0, 0.1) is 13.8 Å². The van der Waals surface area contributed by atoms with Crippen LogP contribution >= 0.6 is 0 Å². The van der Waals surface area contributed by atoms with E-state index in [2.05, 4.69) is 26.7 Å². The summed E-state index contributed by atoms with van der Waals surface area (Å²) in [5.74, 6) is 0.335.